The van der Waals surface area contributed by atoms with Gasteiger partial charge in [-0.2, -0.15) is 0 Å². The highest BCUT2D eigenvalue weighted by Crippen LogP contribution is 2.89. The molecule has 0 aromatic carbocycles. The van der Waals surface area contributed by atoms with Crippen LogP contribution in [0.5, 0.6) is 0 Å². The van der Waals surface area contributed by atoms with E-state index in [-0.39, 0.29) is 0 Å². The molecule has 5 unspecified atom stereocenters. The lowest BCUT2D eigenvalue weighted by molar-refractivity contribution is -0.171. The highest BCUT2D eigenvalue weighted by Gasteiger charge is 2.82. The fourth-order valence-electron chi connectivity index (χ4n) is 13.0. The van der Waals surface area contributed by atoms with Gasteiger partial charge >= 0.3 is 0 Å². The average molecular weight is 597 g/mol. The van der Waals surface area contributed by atoms with E-state index >= 15 is 0 Å². The first-order valence-electron chi connectivity index (χ1n) is 19.3. The summed E-state index contributed by atoms with van der Waals surface area (Å²) in [4.78, 5) is 0. The fraction of sp³-hybridized carbons (Fsp3) is 0.951. The Hall–Kier alpha value is -0.340. The molecule has 0 aromatic heterocycles. The molecule has 5 saturated carbocycles. The van der Waals surface area contributed by atoms with Crippen molar-refractivity contribution in [2.75, 3.05) is 6.61 Å². The second kappa shape index (κ2) is 12.7. The molecule has 0 saturated heterocycles. The lowest BCUT2D eigenvalue weighted by Crippen LogP contribution is -2.58. The summed E-state index contributed by atoms with van der Waals surface area (Å²) in [5.41, 5.74) is 1.81. The molecule has 0 aromatic rings. The number of hydrogen-bond acceptors (Lipinski definition) is 2. The number of hydrogen-bond donors (Lipinski definition) is 1. The maximum absolute atomic E-state index is 10.2. The molecule has 5 fully saturated rings. The minimum absolute atomic E-state index is 0.313. The van der Waals surface area contributed by atoms with Crippen LogP contribution in [0, 0.1) is 50.7 Å². The molecule has 0 amide bonds. The van der Waals surface area contributed by atoms with E-state index in [0.717, 1.165) is 30.8 Å². The van der Waals surface area contributed by atoms with Crippen LogP contribution < -0.4 is 0 Å². The van der Waals surface area contributed by atoms with Crippen LogP contribution in [0.25, 0.3) is 0 Å². The third-order valence-electron chi connectivity index (χ3n) is 15.4. The smallest absolute Gasteiger partial charge is 0.0771 e. The Morgan fingerprint density at radius 3 is 2.07 bits per heavy atom. The van der Waals surface area contributed by atoms with Gasteiger partial charge in [0.25, 0.3) is 0 Å². The van der Waals surface area contributed by atoms with Gasteiger partial charge in [0.1, 0.15) is 0 Å². The van der Waals surface area contributed by atoms with Crippen molar-refractivity contribution in [2.45, 2.75) is 189 Å². The van der Waals surface area contributed by atoms with Crippen molar-refractivity contribution in [2.24, 2.45) is 50.7 Å². The molecular weight excluding hydrogens is 524 g/mol. The molecule has 0 radical (unpaired) electrons. The largest absolute Gasteiger partial charge is 0.386 e. The zero-order valence-electron chi connectivity index (χ0n) is 30.0. The van der Waals surface area contributed by atoms with E-state index in [2.05, 4.69) is 47.6 Å². The summed E-state index contributed by atoms with van der Waals surface area (Å²) in [5, 5.41) is 10.2. The monoisotopic (exact) mass is 597 g/mol. The summed E-state index contributed by atoms with van der Waals surface area (Å²) in [5.74, 6) is 3.29. The highest BCUT2D eigenvalue weighted by atomic mass is 16.5. The first kappa shape index (κ1) is 34.0. The lowest BCUT2D eigenvalue weighted by atomic mass is 9.41. The van der Waals surface area contributed by atoms with Gasteiger partial charge in [-0.25, -0.2) is 0 Å². The Kier molecular flexibility index (Phi) is 10.0. The zero-order chi connectivity index (χ0) is 31.2. The molecule has 5 aliphatic rings. The van der Waals surface area contributed by atoms with Gasteiger partial charge in [0, 0.05) is 6.61 Å². The summed E-state index contributed by atoms with van der Waals surface area (Å²) in [6.45, 7) is 20.3. The summed E-state index contributed by atoms with van der Waals surface area (Å²) in [7, 11) is 0. The number of rotatable bonds is 15. The van der Waals surface area contributed by atoms with Crippen LogP contribution in [-0.4, -0.2) is 23.4 Å². The molecule has 5 aliphatic carbocycles. The minimum atomic E-state index is -0.699. The van der Waals surface area contributed by atoms with Crippen LogP contribution in [0.1, 0.15) is 177 Å². The third-order valence-corrected chi connectivity index (χ3v) is 15.4. The maximum Gasteiger partial charge on any atom is 0.0771 e. The number of unbranched alkanes of at least 4 members (excludes halogenated alkanes) is 8. The normalized spacial score (nSPS) is 42.3. The Morgan fingerprint density at radius 2 is 1.40 bits per heavy atom. The van der Waals surface area contributed by atoms with E-state index in [1.165, 1.54) is 116 Å². The van der Waals surface area contributed by atoms with Crippen molar-refractivity contribution in [1.29, 1.82) is 0 Å². The van der Waals surface area contributed by atoms with E-state index in [9.17, 15) is 5.11 Å². The van der Waals surface area contributed by atoms with Gasteiger partial charge in [-0.15, -0.1) is 0 Å². The second-order valence-electron chi connectivity index (χ2n) is 18.5. The van der Waals surface area contributed by atoms with Gasteiger partial charge in [-0.1, -0.05) is 105 Å². The molecule has 1 N–H and O–H groups in total. The Bertz CT molecular complexity index is 959. The highest BCUT2D eigenvalue weighted by molar-refractivity contribution is 5.30. The molecule has 248 valence electrons. The van der Waals surface area contributed by atoms with Crippen molar-refractivity contribution in [3.63, 3.8) is 0 Å². The molecule has 2 nitrogen and oxygen atoms in total. The predicted octanol–water partition coefficient (Wildman–Crippen LogP) is 11.7. The molecule has 0 bridgehead atoms. The average Bonchev–Trinajstić information content (AvgIpc) is 3.51. The van der Waals surface area contributed by atoms with Crippen LogP contribution in [0.15, 0.2) is 12.2 Å². The van der Waals surface area contributed by atoms with Crippen LogP contribution >= 0.6 is 0 Å². The van der Waals surface area contributed by atoms with Crippen LogP contribution in [0.4, 0.5) is 0 Å². The maximum atomic E-state index is 10.2. The van der Waals surface area contributed by atoms with Crippen LogP contribution in [-0.2, 0) is 4.74 Å². The van der Waals surface area contributed by atoms with Crippen molar-refractivity contribution < 1.29 is 9.84 Å². The van der Waals surface area contributed by atoms with E-state index in [0.29, 0.717) is 39.1 Å². The van der Waals surface area contributed by atoms with Crippen LogP contribution in [0.3, 0.4) is 0 Å². The Morgan fingerprint density at radius 1 is 0.767 bits per heavy atom. The summed E-state index contributed by atoms with van der Waals surface area (Å²) < 4.78 is 6.78. The van der Waals surface area contributed by atoms with Gasteiger partial charge in [0.05, 0.1) is 11.7 Å². The SMILES string of the molecule is CCCCCCCCCCCO[C@H]1CCC23CC24CC[C@]2(C)[C@@H](C(C)C/C=C/C(C)(C)O)CC[C@@]2(C)C4CCC3C1(C)C. The predicted molar refractivity (Wildman–Crippen MR) is 183 cm³/mol. The number of aliphatic hydroxyl groups is 1. The van der Waals surface area contributed by atoms with Crippen molar-refractivity contribution in [1.82, 2.24) is 0 Å². The summed E-state index contributed by atoms with van der Waals surface area (Å²) in [6, 6.07) is 0. The Labute approximate surface area is 268 Å². The van der Waals surface area contributed by atoms with Gasteiger partial charge in [-0.05, 0) is 135 Å². The zero-order valence-corrected chi connectivity index (χ0v) is 30.0. The number of allylic oxidation sites excluding steroid dienone is 1. The molecule has 43 heavy (non-hydrogen) atoms. The molecule has 0 heterocycles. The van der Waals surface area contributed by atoms with Gasteiger partial charge < -0.3 is 9.84 Å². The second-order valence-corrected chi connectivity index (χ2v) is 18.5. The third kappa shape index (κ3) is 5.98. The van der Waals surface area contributed by atoms with Crippen molar-refractivity contribution >= 4 is 0 Å². The standard InChI is InChI=1S/C41H72O2/c1-9-10-11-12-13-14-15-16-17-29-43-35-23-26-40-30-41(40)28-27-38(7)32(31(2)19-18-24-36(3,4)42)22-25-39(38,8)34(41)21-20-33(40)37(35,5)6/h18,24,31-35,42H,9-17,19-23,25-30H2,1-8H3/b24-18+/t31?,32-,33?,34?,35+,38-,39+,40?,41?/m1/s1. The summed E-state index contributed by atoms with van der Waals surface area (Å²) >= 11 is 0. The van der Waals surface area contributed by atoms with Crippen molar-refractivity contribution in [3.05, 3.63) is 12.2 Å². The van der Waals surface area contributed by atoms with Crippen molar-refractivity contribution in [3.8, 4) is 0 Å². The molecule has 5 rings (SSSR count). The molecule has 0 aliphatic heterocycles. The summed E-state index contributed by atoms with van der Waals surface area (Å²) in [6.07, 6.45) is 31.3. The number of fused-ring (bicyclic) bond motifs is 2. The fourth-order valence-corrected chi connectivity index (χ4v) is 13.0. The van der Waals surface area contributed by atoms with Gasteiger partial charge in [-0.3, -0.25) is 0 Å². The van der Waals surface area contributed by atoms with Gasteiger partial charge in [0.15, 0.2) is 0 Å². The minimum Gasteiger partial charge on any atom is -0.386 e. The first-order valence-corrected chi connectivity index (χ1v) is 19.3. The van der Waals surface area contributed by atoms with Crippen LogP contribution in [0.2, 0.25) is 0 Å². The van der Waals surface area contributed by atoms with E-state index in [4.69, 9.17) is 4.74 Å². The van der Waals surface area contributed by atoms with E-state index in [1.54, 1.807) is 0 Å². The Balaban J connectivity index is 1.17. The first-order chi connectivity index (χ1) is 20.3. The molecular formula is C41H72O2. The molecule has 2 heteroatoms. The lowest BCUT2D eigenvalue weighted by Gasteiger charge is -2.63. The quantitative estimate of drug-likeness (QED) is 0.150. The topological polar surface area (TPSA) is 29.5 Å². The number of ether oxygens (including phenoxy) is 1. The van der Waals surface area contributed by atoms with E-state index in [1.807, 2.05) is 19.9 Å². The van der Waals surface area contributed by atoms with E-state index < -0.39 is 5.60 Å². The molecule has 2 spiro atoms. The van der Waals surface area contributed by atoms with Gasteiger partial charge in [0.2, 0.25) is 0 Å². The molecule has 9 atom stereocenters.